The van der Waals surface area contributed by atoms with Gasteiger partial charge in [0.2, 0.25) is 0 Å². The summed E-state index contributed by atoms with van der Waals surface area (Å²) in [6.07, 6.45) is 3.39. The molecule has 116 valence electrons. The van der Waals surface area contributed by atoms with Gasteiger partial charge in [0.1, 0.15) is 0 Å². The summed E-state index contributed by atoms with van der Waals surface area (Å²) in [5.41, 5.74) is 2.73. The molecule has 1 unspecified atom stereocenters. The van der Waals surface area contributed by atoms with E-state index in [-0.39, 0.29) is 6.10 Å². The third-order valence-electron chi connectivity index (χ3n) is 4.13. The predicted octanol–water partition coefficient (Wildman–Crippen LogP) is 2.44. The molecule has 0 aromatic heterocycles. The molecule has 1 aromatic carbocycles. The fraction of sp³-hybridized carbons (Fsp3) is 0.556. The number of benzene rings is 1. The third kappa shape index (κ3) is 5.62. The van der Waals surface area contributed by atoms with Gasteiger partial charge in [-0.15, -0.1) is 6.58 Å². The zero-order valence-electron chi connectivity index (χ0n) is 13.2. The first-order valence-corrected chi connectivity index (χ1v) is 7.96. The van der Waals surface area contributed by atoms with Crippen LogP contribution in [0.5, 0.6) is 0 Å². The summed E-state index contributed by atoms with van der Waals surface area (Å²) >= 11 is 0. The second kappa shape index (κ2) is 8.32. The molecule has 1 atom stereocenters. The van der Waals surface area contributed by atoms with Crippen molar-refractivity contribution in [3.05, 3.63) is 48.0 Å². The lowest BCUT2D eigenvalue weighted by molar-refractivity contribution is 0.0669. The molecule has 0 spiro atoms. The average molecular weight is 288 g/mol. The minimum Gasteiger partial charge on any atom is -0.392 e. The van der Waals surface area contributed by atoms with E-state index in [4.69, 9.17) is 0 Å². The SMILES string of the molecule is C=CCCC(O)CN1CCN(Cc2cccc(C)c2)CC1. The number of piperazine rings is 1. The lowest BCUT2D eigenvalue weighted by Gasteiger charge is -2.35. The van der Waals surface area contributed by atoms with Crippen molar-refractivity contribution in [2.75, 3.05) is 32.7 Å². The van der Waals surface area contributed by atoms with Crippen molar-refractivity contribution in [2.24, 2.45) is 0 Å². The first-order valence-electron chi connectivity index (χ1n) is 7.96. The maximum absolute atomic E-state index is 9.96. The van der Waals surface area contributed by atoms with Crippen LogP contribution >= 0.6 is 0 Å². The zero-order valence-corrected chi connectivity index (χ0v) is 13.2. The van der Waals surface area contributed by atoms with Gasteiger partial charge in [-0.3, -0.25) is 9.80 Å². The van der Waals surface area contributed by atoms with Crippen LogP contribution in [0.3, 0.4) is 0 Å². The van der Waals surface area contributed by atoms with E-state index in [1.807, 2.05) is 6.08 Å². The number of rotatable bonds is 7. The highest BCUT2D eigenvalue weighted by molar-refractivity contribution is 5.22. The molecular formula is C18H28N2O. The molecule has 0 saturated carbocycles. The minimum atomic E-state index is -0.216. The van der Waals surface area contributed by atoms with Gasteiger partial charge in [0.25, 0.3) is 0 Å². The van der Waals surface area contributed by atoms with Crippen LogP contribution in [0.25, 0.3) is 0 Å². The van der Waals surface area contributed by atoms with E-state index in [1.165, 1.54) is 11.1 Å². The smallest absolute Gasteiger partial charge is 0.0670 e. The Morgan fingerprint density at radius 1 is 1.24 bits per heavy atom. The van der Waals surface area contributed by atoms with E-state index in [0.29, 0.717) is 0 Å². The van der Waals surface area contributed by atoms with Gasteiger partial charge in [0.05, 0.1) is 6.10 Å². The fourth-order valence-corrected chi connectivity index (χ4v) is 2.90. The van der Waals surface area contributed by atoms with Crippen molar-refractivity contribution in [3.63, 3.8) is 0 Å². The van der Waals surface area contributed by atoms with Gasteiger partial charge in [-0.05, 0) is 25.3 Å². The monoisotopic (exact) mass is 288 g/mol. The van der Waals surface area contributed by atoms with E-state index in [9.17, 15) is 5.11 Å². The van der Waals surface area contributed by atoms with E-state index in [0.717, 1.165) is 52.1 Å². The van der Waals surface area contributed by atoms with Gasteiger partial charge in [-0.2, -0.15) is 0 Å². The number of hydrogen-bond donors (Lipinski definition) is 1. The molecule has 1 aliphatic heterocycles. The molecular weight excluding hydrogens is 260 g/mol. The number of β-amino-alcohol motifs (C(OH)–C–C–N with tert-alkyl or cyclic N) is 1. The molecule has 1 N–H and O–H groups in total. The molecule has 3 nitrogen and oxygen atoms in total. The van der Waals surface area contributed by atoms with Gasteiger partial charge >= 0.3 is 0 Å². The molecule has 1 aliphatic rings. The van der Waals surface area contributed by atoms with E-state index < -0.39 is 0 Å². The van der Waals surface area contributed by atoms with Crippen LogP contribution in [0.4, 0.5) is 0 Å². The standard InChI is InChI=1S/C18H28N2O/c1-3-4-8-18(21)15-20-11-9-19(10-12-20)14-17-7-5-6-16(2)13-17/h3,5-7,13,18,21H,1,4,8-12,14-15H2,2H3. The number of aliphatic hydroxyl groups is 1. The molecule has 1 heterocycles. The van der Waals surface area contributed by atoms with Crippen LogP contribution in [-0.2, 0) is 6.54 Å². The zero-order chi connectivity index (χ0) is 15.1. The molecule has 0 amide bonds. The Hall–Kier alpha value is -1.16. The Bertz CT molecular complexity index is 439. The van der Waals surface area contributed by atoms with Gasteiger partial charge in [-0.1, -0.05) is 35.9 Å². The number of hydrogen-bond acceptors (Lipinski definition) is 3. The van der Waals surface area contributed by atoms with Crippen molar-refractivity contribution in [3.8, 4) is 0 Å². The summed E-state index contributed by atoms with van der Waals surface area (Å²) in [6.45, 7) is 12.0. The number of nitrogens with zero attached hydrogens (tertiary/aromatic N) is 2. The van der Waals surface area contributed by atoms with Crippen LogP contribution in [-0.4, -0.2) is 53.7 Å². The van der Waals surface area contributed by atoms with Crippen LogP contribution in [0.2, 0.25) is 0 Å². The Balaban J connectivity index is 1.72. The molecule has 1 saturated heterocycles. The second-order valence-corrected chi connectivity index (χ2v) is 6.09. The van der Waals surface area contributed by atoms with Crippen molar-refractivity contribution in [2.45, 2.75) is 32.4 Å². The lowest BCUT2D eigenvalue weighted by Crippen LogP contribution is -2.48. The van der Waals surface area contributed by atoms with Gasteiger partial charge in [0.15, 0.2) is 0 Å². The number of allylic oxidation sites excluding steroid dienone is 1. The van der Waals surface area contributed by atoms with Crippen molar-refractivity contribution in [1.29, 1.82) is 0 Å². The quantitative estimate of drug-likeness (QED) is 0.781. The van der Waals surface area contributed by atoms with Crippen molar-refractivity contribution >= 4 is 0 Å². The highest BCUT2D eigenvalue weighted by atomic mass is 16.3. The van der Waals surface area contributed by atoms with E-state index in [2.05, 4.69) is 47.6 Å². The molecule has 3 heteroatoms. The molecule has 1 fully saturated rings. The second-order valence-electron chi connectivity index (χ2n) is 6.09. The molecule has 0 radical (unpaired) electrons. The molecule has 21 heavy (non-hydrogen) atoms. The van der Waals surface area contributed by atoms with Crippen LogP contribution < -0.4 is 0 Å². The lowest BCUT2D eigenvalue weighted by atomic mass is 10.1. The van der Waals surface area contributed by atoms with Crippen LogP contribution in [0.15, 0.2) is 36.9 Å². The summed E-state index contributed by atoms with van der Waals surface area (Å²) in [7, 11) is 0. The fourth-order valence-electron chi connectivity index (χ4n) is 2.90. The summed E-state index contributed by atoms with van der Waals surface area (Å²) in [5.74, 6) is 0. The summed E-state index contributed by atoms with van der Waals surface area (Å²) in [5, 5.41) is 9.96. The van der Waals surface area contributed by atoms with Crippen molar-refractivity contribution in [1.82, 2.24) is 9.80 Å². The predicted molar refractivity (Wildman–Crippen MR) is 88.3 cm³/mol. The summed E-state index contributed by atoms with van der Waals surface area (Å²) in [4.78, 5) is 4.88. The molecule has 1 aromatic rings. The Kier molecular flexibility index (Phi) is 6.43. The molecule has 2 rings (SSSR count). The van der Waals surface area contributed by atoms with Gasteiger partial charge in [0, 0.05) is 39.3 Å². The summed E-state index contributed by atoms with van der Waals surface area (Å²) in [6, 6.07) is 8.76. The Labute approximate surface area is 128 Å². The van der Waals surface area contributed by atoms with Crippen LogP contribution in [0.1, 0.15) is 24.0 Å². The maximum Gasteiger partial charge on any atom is 0.0670 e. The average Bonchev–Trinajstić information content (AvgIpc) is 2.47. The maximum atomic E-state index is 9.96. The highest BCUT2D eigenvalue weighted by Crippen LogP contribution is 2.11. The normalized spacial score (nSPS) is 18.6. The largest absolute Gasteiger partial charge is 0.392 e. The van der Waals surface area contributed by atoms with E-state index in [1.54, 1.807) is 0 Å². The highest BCUT2D eigenvalue weighted by Gasteiger charge is 2.18. The Morgan fingerprint density at radius 3 is 2.62 bits per heavy atom. The van der Waals surface area contributed by atoms with Gasteiger partial charge < -0.3 is 5.11 Å². The first-order chi connectivity index (χ1) is 10.2. The van der Waals surface area contributed by atoms with Gasteiger partial charge in [-0.25, -0.2) is 0 Å². The minimum absolute atomic E-state index is 0.216. The third-order valence-corrected chi connectivity index (χ3v) is 4.13. The van der Waals surface area contributed by atoms with Crippen LogP contribution in [0, 0.1) is 6.92 Å². The first kappa shape index (κ1) is 16.2. The Morgan fingerprint density at radius 2 is 1.95 bits per heavy atom. The summed E-state index contributed by atoms with van der Waals surface area (Å²) < 4.78 is 0. The molecule has 0 bridgehead atoms. The number of aliphatic hydroxyl groups excluding tert-OH is 1. The number of aryl methyl sites for hydroxylation is 1. The van der Waals surface area contributed by atoms with E-state index >= 15 is 0 Å². The topological polar surface area (TPSA) is 26.7 Å². The molecule has 0 aliphatic carbocycles. The van der Waals surface area contributed by atoms with Crippen molar-refractivity contribution < 1.29 is 5.11 Å².